The third-order valence-corrected chi connectivity index (χ3v) is 3.78. The van der Waals surface area contributed by atoms with Crippen LogP contribution in [0.5, 0.6) is 11.5 Å². The van der Waals surface area contributed by atoms with Crippen molar-refractivity contribution in [1.29, 1.82) is 0 Å². The molecule has 0 atom stereocenters. The monoisotopic (exact) mass is 383 g/mol. The Morgan fingerprint density at radius 2 is 1.96 bits per heavy atom. The standard InChI is InChI=1S/C18H19F2NO6/c1-4-12-11(17(23)24)8-15(26-12)16(22)21(2)9-10-5-6-13(25-3)14(7-10)27-18(19)20/h5-8,18H,4,9H2,1-3H3,(H,23,24). The van der Waals surface area contributed by atoms with Gasteiger partial charge in [-0.15, -0.1) is 0 Å². The molecular formula is C18H19F2NO6. The molecule has 0 bridgehead atoms. The minimum Gasteiger partial charge on any atom is -0.493 e. The molecule has 7 nitrogen and oxygen atoms in total. The van der Waals surface area contributed by atoms with Crippen molar-refractivity contribution in [1.82, 2.24) is 4.90 Å². The van der Waals surface area contributed by atoms with Gasteiger partial charge in [0.1, 0.15) is 11.3 Å². The van der Waals surface area contributed by atoms with Gasteiger partial charge in [-0.1, -0.05) is 13.0 Å². The highest BCUT2D eigenvalue weighted by Crippen LogP contribution is 2.30. The number of aryl methyl sites for hydroxylation is 1. The summed E-state index contributed by atoms with van der Waals surface area (Å²) in [6.45, 7) is -1.24. The second kappa shape index (κ2) is 8.52. The molecule has 0 saturated carbocycles. The largest absolute Gasteiger partial charge is 0.493 e. The van der Waals surface area contributed by atoms with Gasteiger partial charge in [0.15, 0.2) is 17.3 Å². The molecule has 1 aromatic heterocycles. The highest BCUT2D eigenvalue weighted by molar-refractivity contribution is 5.96. The van der Waals surface area contributed by atoms with Gasteiger partial charge in [0, 0.05) is 26.1 Å². The number of carboxylic acids is 1. The number of carboxylic acid groups (broad SMARTS) is 1. The van der Waals surface area contributed by atoms with Crippen LogP contribution < -0.4 is 9.47 Å². The van der Waals surface area contributed by atoms with Gasteiger partial charge in [-0.2, -0.15) is 8.78 Å². The number of ether oxygens (including phenoxy) is 2. The van der Waals surface area contributed by atoms with Gasteiger partial charge in [0.2, 0.25) is 0 Å². The number of amides is 1. The first-order valence-corrected chi connectivity index (χ1v) is 8.00. The summed E-state index contributed by atoms with van der Waals surface area (Å²) in [6, 6.07) is 5.58. The summed E-state index contributed by atoms with van der Waals surface area (Å²) in [7, 11) is 2.81. The maximum atomic E-state index is 12.5. The van der Waals surface area contributed by atoms with E-state index in [1.54, 1.807) is 13.0 Å². The lowest BCUT2D eigenvalue weighted by Gasteiger charge is -2.17. The molecule has 0 saturated heterocycles. The van der Waals surface area contributed by atoms with Crippen molar-refractivity contribution in [2.75, 3.05) is 14.2 Å². The Hall–Kier alpha value is -3.10. The van der Waals surface area contributed by atoms with Crippen molar-refractivity contribution in [3.8, 4) is 11.5 Å². The van der Waals surface area contributed by atoms with Gasteiger partial charge in [-0.05, 0) is 17.7 Å². The molecule has 0 unspecified atom stereocenters. The number of furan rings is 1. The summed E-state index contributed by atoms with van der Waals surface area (Å²) < 4.78 is 39.8. The van der Waals surface area contributed by atoms with E-state index in [2.05, 4.69) is 4.74 Å². The molecule has 0 aliphatic rings. The normalized spacial score (nSPS) is 10.7. The summed E-state index contributed by atoms with van der Waals surface area (Å²) in [5.74, 6) is -1.63. The molecule has 2 aromatic rings. The molecule has 0 radical (unpaired) electrons. The zero-order valence-electron chi connectivity index (χ0n) is 15.0. The maximum absolute atomic E-state index is 12.5. The van der Waals surface area contributed by atoms with Crippen molar-refractivity contribution in [2.24, 2.45) is 0 Å². The Bertz CT molecular complexity index is 833. The molecule has 0 aliphatic heterocycles. The van der Waals surface area contributed by atoms with Gasteiger partial charge in [-0.25, -0.2) is 4.79 Å². The topological polar surface area (TPSA) is 89.2 Å². The van der Waals surface area contributed by atoms with Crippen LogP contribution in [0.1, 0.15) is 39.2 Å². The highest BCUT2D eigenvalue weighted by atomic mass is 19.3. The zero-order valence-corrected chi connectivity index (χ0v) is 15.0. The van der Waals surface area contributed by atoms with Gasteiger partial charge < -0.3 is 23.9 Å². The average molecular weight is 383 g/mol. The molecular weight excluding hydrogens is 364 g/mol. The summed E-state index contributed by atoms with van der Waals surface area (Å²) in [4.78, 5) is 25.0. The first-order chi connectivity index (χ1) is 12.8. The number of rotatable bonds is 8. The van der Waals surface area contributed by atoms with Crippen molar-refractivity contribution in [2.45, 2.75) is 26.5 Å². The number of alkyl halides is 2. The molecule has 1 N–H and O–H groups in total. The van der Waals surface area contributed by atoms with Gasteiger partial charge >= 0.3 is 12.6 Å². The maximum Gasteiger partial charge on any atom is 0.387 e. The molecule has 1 aromatic carbocycles. The first-order valence-electron chi connectivity index (χ1n) is 8.00. The lowest BCUT2D eigenvalue weighted by atomic mass is 10.2. The van der Waals surface area contributed by atoms with Gasteiger partial charge in [0.05, 0.1) is 7.11 Å². The number of methoxy groups -OCH3 is 1. The molecule has 1 amide bonds. The lowest BCUT2D eigenvalue weighted by molar-refractivity contribution is -0.0512. The Balaban J connectivity index is 2.20. The predicted molar refractivity (Wildman–Crippen MR) is 90.5 cm³/mol. The average Bonchev–Trinajstić information content (AvgIpc) is 3.05. The van der Waals surface area contributed by atoms with Crippen molar-refractivity contribution < 1.29 is 37.4 Å². The van der Waals surface area contributed by atoms with E-state index in [9.17, 15) is 18.4 Å². The SMILES string of the molecule is CCc1oc(C(=O)N(C)Cc2ccc(OC)c(OC(F)F)c2)cc1C(=O)O. The van der Waals surface area contributed by atoms with E-state index in [-0.39, 0.29) is 35.1 Å². The molecule has 146 valence electrons. The Morgan fingerprint density at radius 3 is 2.48 bits per heavy atom. The van der Waals surface area contributed by atoms with Crippen LogP contribution in [0.3, 0.4) is 0 Å². The van der Waals surface area contributed by atoms with Crippen LogP contribution in [0.15, 0.2) is 28.7 Å². The van der Waals surface area contributed by atoms with Gasteiger partial charge in [0.25, 0.3) is 5.91 Å². The third kappa shape index (κ3) is 4.75. The van der Waals surface area contributed by atoms with E-state index in [0.29, 0.717) is 12.0 Å². The van der Waals surface area contributed by atoms with Crippen molar-refractivity contribution in [3.63, 3.8) is 0 Å². The molecule has 9 heteroatoms. The second-order valence-electron chi connectivity index (χ2n) is 5.63. The van der Waals surface area contributed by atoms with E-state index in [0.717, 1.165) is 0 Å². The number of benzene rings is 1. The predicted octanol–water partition coefficient (Wildman–Crippen LogP) is 3.42. The molecule has 2 rings (SSSR count). The molecule has 27 heavy (non-hydrogen) atoms. The Labute approximate surface area is 154 Å². The molecule has 0 aliphatic carbocycles. The number of nitrogens with zero attached hydrogens (tertiary/aromatic N) is 1. The van der Waals surface area contributed by atoms with Crippen LogP contribution in [-0.2, 0) is 13.0 Å². The number of aromatic carboxylic acids is 1. The lowest BCUT2D eigenvalue weighted by Crippen LogP contribution is -2.25. The van der Waals surface area contributed by atoms with Crippen LogP contribution in [0.25, 0.3) is 0 Å². The zero-order chi connectivity index (χ0) is 20.1. The second-order valence-corrected chi connectivity index (χ2v) is 5.63. The molecule has 1 heterocycles. The molecule has 0 fully saturated rings. The number of carbonyl (C=O) groups is 2. The fourth-order valence-corrected chi connectivity index (χ4v) is 2.52. The summed E-state index contributed by atoms with van der Waals surface area (Å²) in [5, 5.41) is 9.15. The van der Waals surface area contributed by atoms with Crippen LogP contribution in [0.2, 0.25) is 0 Å². The van der Waals surface area contributed by atoms with Crippen molar-refractivity contribution >= 4 is 11.9 Å². The smallest absolute Gasteiger partial charge is 0.387 e. The van der Waals surface area contributed by atoms with E-state index in [1.165, 1.54) is 37.3 Å². The quantitative estimate of drug-likeness (QED) is 0.751. The minimum absolute atomic E-state index is 0.0625. The summed E-state index contributed by atoms with van der Waals surface area (Å²) in [5.41, 5.74) is 0.453. The van der Waals surface area contributed by atoms with Crippen LogP contribution in [0, 0.1) is 0 Å². The minimum atomic E-state index is -3.02. The fraction of sp³-hybridized carbons (Fsp3) is 0.333. The fourth-order valence-electron chi connectivity index (χ4n) is 2.52. The number of halogens is 2. The first kappa shape index (κ1) is 20.2. The number of hydrogen-bond donors (Lipinski definition) is 1. The number of carbonyl (C=O) groups excluding carboxylic acids is 1. The van der Waals surface area contributed by atoms with E-state index in [1.807, 2.05) is 0 Å². The Kier molecular flexibility index (Phi) is 6.38. The highest BCUT2D eigenvalue weighted by Gasteiger charge is 2.23. The van der Waals surface area contributed by atoms with Gasteiger partial charge in [-0.3, -0.25) is 4.79 Å². The molecule has 0 spiro atoms. The van der Waals surface area contributed by atoms with E-state index >= 15 is 0 Å². The Morgan fingerprint density at radius 1 is 1.26 bits per heavy atom. The van der Waals surface area contributed by atoms with E-state index in [4.69, 9.17) is 14.3 Å². The van der Waals surface area contributed by atoms with Crippen molar-refractivity contribution in [3.05, 3.63) is 46.9 Å². The van der Waals surface area contributed by atoms with E-state index < -0.39 is 18.5 Å². The number of hydrogen-bond acceptors (Lipinski definition) is 5. The third-order valence-electron chi connectivity index (χ3n) is 3.78. The van der Waals surface area contributed by atoms with Crippen LogP contribution >= 0.6 is 0 Å². The van der Waals surface area contributed by atoms with Crippen LogP contribution in [-0.4, -0.2) is 42.7 Å². The summed E-state index contributed by atoms with van der Waals surface area (Å²) >= 11 is 0. The summed E-state index contributed by atoms with van der Waals surface area (Å²) in [6.07, 6.45) is 0.325. The van der Waals surface area contributed by atoms with Crippen LogP contribution in [0.4, 0.5) is 8.78 Å².